The zero-order chi connectivity index (χ0) is 42.9. The van der Waals surface area contributed by atoms with E-state index < -0.39 is 41.9 Å². The second-order valence-electron chi connectivity index (χ2n) is 16.9. The van der Waals surface area contributed by atoms with Crippen molar-refractivity contribution in [1.82, 2.24) is 31.1 Å². The van der Waals surface area contributed by atoms with E-state index in [0.29, 0.717) is 19.5 Å². The van der Waals surface area contributed by atoms with Crippen molar-refractivity contribution >= 4 is 41.8 Å². The smallest absolute Gasteiger partial charge is 0.407 e. The minimum absolute atomic E-state index is 0.0400. The molecule has 1 aromatic carbocycles. The fraction of sp³-hybridized carbons (Fsp3) is 0.651. The predicted molar refractivity (Wildman–Crippen MR) is 220 cm³/mol. The number of carbonyl (C=O) groups excluding carboxylic acids is 6. The molecule has 2 heterocycles. The highest BCUT2D eigenvalue weighted by Gasteiger charge is 2.38. The summed E-state index contributed by atoms with van der Waals surface area (Å²) < 4.78 is 0. The largest absolute Gasteiger partial charge is 0.465 e. The number of benzene rings is 1. The Balaban J connectivity index is 0.000000307. The molecule has 14 nitrogen and oxygen atoms in total. The Bertz CT molecular complexity index is 1540. The first-order valence-corrected chi connectivity index (χ1v) is 20.4. The quantitative estimate of drug-likeness (QED) is 0.0880. The number of rotatable bonds is 16. The van der Waals surface area contributed by atoms with E-state index in [1.165, 1.54) is 16.5 Å². The number of carbonyl (C=O) groups is 7. The first kappa shape index (κ1) is 48.6. The molecule has 5 unspecified atom stereocenters. The number of Topliss-reactive ketones (excluding diaryl/α,β-unsaturated/α-hetero) is 2. The van der Waals surface area contributed by atoms with Gasteiger partial charge in [-0.2, -0.15) is 0 Å². The summed E-state index contributed by atoms with van der Waals surface area (Å²) in [6, 6.07) is 5.51. The van der Waals surface area contributed by atoms with Crippen molar-refractivity contribution in [2.24, 2.45) is 23.2 Å². The van der Waals surface area contributed by atoms with Crippen LogP contribution < -0.4 is 21.3 Å². The number of amides is 5. The third-order valence-corrected chi connectivity index (χ3v) is 10.5. The first-order valence-electron chi connectivity index (χ1n) is 20.4. The summed E-state index contributed by atoms with van der Waals surface area (Å²) >= 11 is 0. The van der Waals surface area contributed by atoms with Crippen LogP contribution in [-0.2, 0) is 36.9 Å². The van der Waals surface area contributed by atoms with E-state index in [-0.39, 0.29) is 47.4 Å². The van der Waals surface area contributed by atoms with Crippen molar-refractivity contribution in [2.45, 2.75) is 131 Å². The van der Waals surface area contributed by atoms with Crippen LogP contribution >= 0.6 is 0 Å². The molecule has 2 fully saturated rings. The third kappa shape index (κ3) is 16.4. The standard InChI is InChI=1S/C18H31N3O3.C15H26N2O3.C10H11NO2/c1-5-8-13(3)12-14(16(22)18(24)19-10-6-2)20-17(23)15-9-7-11-21(15)4;1-9(2)12(13(19)10-6-7-10)17-14(20)16-11(8-18)15(3,4)5;12-10(13)11-6-5-8-3-1-2-4-9(8)7-11/h6,13-15H,2,5,7-12H2,1,3-4H3,(H,19,24)(H,20,23);8-12H,6-7H2,1-5H3,(H2,16,17,20);1-4H,5-7H2,(H,12,13). The molecule has 1 saturated heterocycles. The maximum atomic E-state index is 12.5. The molecule has 5 atom stereocenters. The van der Waals surface area contributed by atoms with Crippen molar-refractivity contribution in [3.05, 3.63) is 48.0 Å². The maximum absolute atomic E-state index is 12.5. The average Bonchev–Trinajstić information content (AvgIpc) is 3.93. The molecule has 14 heteroatoms. The molecule has 0 aromatic heterocycles. The van der Waals surface area contributed by atoms with Gasteiger partial charge in [-0.3, -0.25) is 24.1 Å². The van der Waals surface area contributed by atoms with E-state index in [2.05, 4.69) is 40.8 Å². The molecule has 5 amide bonds. The Labute approximate surface area is 339 Å². The topological polar surface area (TPSA) is 194 Å². The molecule has 0 bridgehead atoms. The summed E-state index contributed by atoms with van der Waals surface area (Å²) in [6.07, 6.45) is 8.30. The van der Waals surface area contributed by atoms with Crippen molar-refractivity contribution in [2.75, 3.05) is 26.7 Å². The van der Waals surface area contributed by atoms with Gasteiger partial charge in [0.1, 0.15) is 6.29 Å². The van der Waals surface area contributed by atoms with Crippen molar-refractivity contribution in [3.63, 3.8) is 0 Å². The lowest BCUT2D eigenvalue weighted by Gasteiger charge is -2.28. The average molecular weight is 797 g/mol. The van der Waals surface area contributed by atoms with Crippen molar-refractivity contribution in [1.29, 1.82) is 0 Å². The summed E-state index contributed by atoms with van der Waals surface area (Å²) in [5.41, 5.74) is 2.06. The number of hydrogen-bond donors (Lipinski definition) is 5. The lowest BCUT2D eigenvalue weighted by atomic mass is 9.88. The molecule has 5 N–H and O–H groups in total. The molecule has 0 spiro atoms. The number of urea groups is 1. The van der Waals surface area contributed by atoms with Gasteiger partial charge in [0.2, 0.25) is 11.7 Å². The van der Waals surface area contributed by atoms with E-state index in [1.807, 2.05) is 71.7 Å². The summed E-state index contributed by atoms with van der Waals surface area (Å²) in [7, 11) is 1.91. The zero-order valence-corrected chi connectivity index (χ0v) is 35.4. The van der Waals surface area contributed by atoms with Gasteiger partial charge in [-0.05, 0) is 80.5 Å². The first-order chi connectivity index (χ1) is 26.8. The molecule has 57 heavy (non-hydrogen) atoms. The van der Waals surface area contributed by atoms with Crippen molar-refractivity contribution in [3.8, 4) is 0 Å². The predicted octanol–water partition coefficient (Wildman–Crippen LogP) is 4.89. The number of aldehydes is 1. The second-order valence-corrected chi connectivity index (χ2v) is 16.9. The minimum Gasteiger partial charge on any atom is -0.465 e. The summed E-state index contributed by atoms with van der Waals surface area (Å²) in [4.78, 5) is 86.2. The van der Waals surface area contributed by atoms with E-state index in [1.54, 1.807) is 0 Å². The van der Waals surface area contributed by atoms with Crippen LogP contribution in [0.5, 0.6) is 0 Å². The van der Waals surface area contributed by atoms with Crippen LogP contribution in [0.3, 0.4) is 0 Å². The molecular weight excluding hydrogens is 729 g/mol. The van der Waals surface area contributed by atoms with Gasteiger partial charge in [-0.15, -0.1) is 6.58 Å². The Morgan fingerprint density at radius 2 is 1.61 bits per heavy atom. The van der Waals surface area contributed by atoms with E-state index in [4.69, 9.17) is 5.11 Å². The Morgan fingerprint density at radius 1 is 0.965 bits per heavy atom. The van der Waals surface area contributed by atoms with Gasteiger partial charge in [0.05, 0.1) is 24.2 Å². The molecule has 318 valence electrons. The second kappa shape index (κ2) is 23.6. The molecular formula is C43H68N6O8. The maximum Gasteiger partial charge on any atom is 0.407 e. The van der Waals surface area contributed by atoms with Gasteiger partial charge in [0.15, 0.2) is 5.78 Å². The Kier molecular flexibility index (Phi) is 20.1. The van der Waals surface area contributed by atoms with Crippen LogP contribution in [0.4, 0.5) is 9.59 Å². The SMILES string of the molecule is C=CCNC(=O)C(=O)C(CC(C)CCC)NC(=O)C1CCCN1C.CC(C)C(NC(=O)NC(C=O)C(C)(C)C)C(=O)C1CC1.O=C(O)N1CCc2ccccc2C1. The number of nitrogens with zero attached hydrogens (tertiary/aromatic N) is 2. The highest BCUT2D eigenvalue weighted by Crippen LogP contribution is 2.32. The van der Waals surface area contributed by atoms with E-state index in [0.717, 1.165) is 63.3 Å². The minimum atomic E-state index is -0.825. The molecule has 0 radical (unpaired) electrons. The number of likely N-dealkylation sites (tertiary alicyclic amines) is 1. The number of likely N-dealkylation sites (N-methyl/N-ethyl adjacent to an activating group) is 1. The number of fused-ring (bicyclic) bond motifs is 1. The fourth-order valence-electron chi connectivity index (χ4n) is 6.79. The zero-order valence-electron chi connectivity index (χ0n) is 35.4. The summed E-state index contributed by atoms with van der Waals surface area (Å²) in [5, 5.41) is 19.5. The Morgan fingerprint density at radius 3 is 2.12 bits per heavy atom. The van der Waals surface area contributed by atoms with E-state index >= 15 is 0 Å². The number of carboxylic acid groups (broad SMARTS) is 1. The van der Waals surface area contributed by atoms with Gasteiger partial charge in [-0.25, -0.2) is 9.59 Å². The summed E-state index contributed by atoms with van der Waals surface area (Å²) in [5.74, 6) is -0.886. The van der Waals surface area contributed by atoms with Crippen LogP contribution in [0.2, 0.25) is 0 Å². The normalized spacial score (nSPS) is 18.4. The molecule has 4 rings (SSSR count). The highest BCUT2D eigenvalue weighted by molar-refractivity contribution is 6.38. The Hall–Kier alpha value is -4.59. The van der Waals surface area contributed by atoms with Gasteiger partial charge in [0, 0.05) is 25.6 Å². The van der Waals surface area contributed by atoms with E-state index in [9.17, 15) is 33.6 Å². The van der Waals surface area contributed by atoms with Crippen LogP contribution in [-0.4, -0.2) is 108 Å². The number of nitrogens with one attached hydrogen (secondary N) is 4. The van der Waals surface area contributed by atoms with Gasteiger partial charge in [-0.1, -0.05) is 91.6 Å². The molecule has 3 aliphatic rings. The fourth-order valence-corrected chi connectivity index (χ4v) is 6.79. The molecule has 1 saturated carbocycles. The third-order valence-electron chi connectivity index (χ3n) is 10.5. The lowest BCUT2D eigenvalue weighted by Crippen LogP contribution is -2.54. The van der Waals surface area contributed by atoms with Crippen LogP contribution in [0.25, 0.3) is 0 Å². The van der Waals surface area contributed by atoms with Crippen molar-refractivity contribution < 1.29 is 38.7 Å². The van der Waals surface area contributed by atoms with Crippen LogP contribution in [0.1, 0.15) is 105 Å². The van der Waals surface area contributed by atoms with Crippen LogP contribution in [0.15, 0.2) is 36.9 Å². The monoisotopic (exact) mass is 797 g/mol. The lowest BCUT2D eigenvalue weighted by molar-refractivity contribution is -0.140. The summed E-state index contributed by atoms with van der Waals surface area (Å²) in [6.45, 7) is 19.4. The van der Waals surface area contributed by atoms with Gasteiger partial charge in [0.25, 0.3) is 5.91 Å². The number of hydrogen-bond acceptors (Lipinski definition) is 8. The van der Waals surface area contributed by atoms with Gasteiger partial charge >= 0.3 is 12.1 Å². The highest BCUT2D eigenvalue weighted by atomic mass is 16.4. The molecule has 1 aromatic rings. The van der Waals surface area contributed by atoms with Crippen LogP contribution in [0, 0.1) is 23.2 Å². The molecule has 1 aliphatic carbocycles. The molecule has 2 aliphatic heterocycles. The van der Waals surface area contributed by atoms with Gasteiger partial charge < -0.3 is 36.1 Å². The number of ketones is 2.